The van der Waals surface area contributed by atoms with Gasteiger partial charge in [0, 0.05) is 20.8 Å². The van der Waals surface area contributed by atoms with Crippen molar-refractivity contribution in [3.63, 3.8) is 0 Å². The maximum Gasteiger partial charge on any atom is 0.0441 e. The lowest BCUT2D eigenvalue weighted by Gasteiger charge is -2.21. The molecule has 1 aliphatic carbocycles. The number of halogens is 1. The number of hydrogen-bond donors (Lipinski definition) is 1. The highest BCUT2D eigenvalue weighted by atomic mass is 79.9. The Morgan fingerprint density at radius 2 is 2.21 bits per heavy atom. The average Bonchev–Trinajstić information content (AvgIpc) is 2.79. The number of rotatable bonds is 3. The van der Waals surface area contributed by atoms with Crippen molar-refractivity contribution < 1.29 is 0 Å². The smallest absolute Gasteiger partial charge is 0.0441 e. The van der Waals surface area contributed by atoms with E-state index in [-0.39, 0.29) is 0 Å². The molecule has 0 radical (unpaired) electrons. The van der Waals surface area contributed by atoms with Crippen molar-refractivity contribution in [3.05, 3.63) is 20.8 Å². The minimum atomic E-state index is 0.578. The van der Waals surface area contributed by atoms with E-state index >= 15 is 0 Å². The summed E-state index contributed by atoms with van der Waals surface area (Å²) in [6.45, 7) is 0. The van der Waals surface area contributed by atoms with Crippen molar-refractivity contribution in [2.24, 2.45) is 5.92 Å². The monoisotopic (exact) mass is 273 g/mol. The second-order valence-corrected chi connectivity index (χ2v) is 5.84. The first-order valence-corrected chi connectivity index (χ1v) is 6.89. The van der Waals surface area contributed by atoms with Gasteiger partial charge in [-0.2, -0.15) is 0 Å². The van der Waals surface area contributed by atoms with E-state index in [1.165, 1.54) is 35.0 Å². The lowest BCUT2D eigenvalue weighted by molar-refractivity contribution is 0.395. The fourth-order valence-electron chi connectivity index (χ4n) is 2.39. The first-order valence-electron chi connectivity index (χ1n) is 5.22. The molecule has 1 aromatic rings. The molecule has 0 amide bonds. The molecule has 78 valence electrons. The third-order valence-electron chi connectivity index (χ3n) is 3.08. The SMILES string of the molecule is CNC(c1cc(Br)cs1)C1CCCC1. The summed E-state index contributed by atoms with van der Waals surface area (Å²) in [5.41, 5.74) is 0. The van der Waals surface area contributed by atoms with E-state index in [1.807, 2.05) is 11.3 Å². The van der Waals surface area contributed by atoms with E-state index in [0.29, 0.717) is 6.04 Å². The lowest BCUT2D eigenvalue weighted by Crippen LogP contribution is -2.22. The van der Waals surface area contributed by atoms with Crippen LogP contribution in [0.25, 0.3) is 0 Å². The Kier molecular flexibility index (Phi) is 3.63. The van der Waals surface area contributed by atoms with Gasteiger partial charge in [0.15, 0.2) is 0 Å². The van der Waals surface area contributed by atoms with Gasteiger partial charge in [0.1, 0.15) is 0 Å². The van der Waals surface area contributed by atoms with E-state index < -0.39 is 0 Å². The Morgan fingerprint density at radius 1 is 1.50 bits per heavy atom. The van der Waals surface area contributed by atoms with Crippen molar-refractivity contribution in [2.75, 3.05) is 7.05 Å². The second-order valence-electron chi connectivity index (χ2n) is 3.98. The average molecular weight is 274 g/mol. The minimum Gasteiger partial charge on any atom is -0.312 e. The third kappa shape index (κ3) is 2.20. The zero-order valence-corrected chi connectivity index (χ0v) is 10.8. The summed E-state index contributed by atoms with van der Waals surface area (Å²) in [5, 5.41) is 5.64. The van der Waals surface area contributed by atoms with Gasteiger partial charge in [0.2, 0.25) is 0 Å². The molecule has 1 fully saturated rings. The minimum absolute atomic E-state index is 0.578. The first-order chi connectivity index (χ1) is 6.81. The second kappa shape index (κ2) is 4.77. The van der Waals surface area contributed by atoms with Crippen LogP contribution in [0.4, 0.5) is 0 Å². The van der Waals surface area contributed by atoms with E-state index in [1.54, 1.807) is 0 Å². The van der Waals surface area contributed by atoms with Crippen molar-refractivity contribution in [1.82, 2.24) is 5.32 Å². The molecule has 1 saturated carbocycles. The van der Waals surface area contributed by atoms with Crippen LogP contribution in [-0.4, -0.2) is 7.05 Å². The van der Waals surface area contributed by atoms with E-state index in [4.69, 9.17) is 0 Å². The molecular weight excluding hydrogens is 258 g/mol. The zero-order valence-electron chi connectivity index (χ0n) is 8.42. The molecule has 0 spiro atoms. The van der Waals surface area contributed by atoms with Crippen LogP contribution in [0.3, 0.4) is 0 Å². The van der Waals surface area contributed by atoms with Gasteiger partial charge in [-0.3, -0.25) is 0 Å². The molecule has 14 heavy (non-hydrogen) atoms. The summed E-state index contributed by atoms with van der Waals surface area (Å²) in [7, 11) is 2.08. The van der Waals surface area contributed by atoms with E-state index in [9.17, 15) is 0 Å². The summed E-state index contributed by atoms with van der Waals surface area (Å²) in [4.78, 5) is 1.48. The molecule has 0 bridgehead atoms. The Labute approximate surface area is 98.0 Å². The topological polar surface area (TPSA) is 12.0 Å². The van der Waals surface area contributed by atoms with E-state index in [0.717, 1.165) is 5.92 Å². The van der Waals surface area contributed by atoms with Gasteiger partial charge in [-0.25, -0.2) is 0 Å². The van der Waals surface area contributed by atoms with Gasteiger partial charge in [-0.05, 0) is 47.8 Å². The molecule has 0 aromatic carbocycles. The number of nitrogens with one attached hydrogen (secondary N) is 1. The Hall–Kier alpha value is 0.140. The quantitative estimate of drug-likeness (QED) is 0.879. The van der Waals surface area contributed by atoms with Crippen LogP contribution in [0.2, 0.25) is 0 Å². The van der Waals surface area contributed by atoms with Crippen molar-refractivity contribution in [3.8, 4) is 0 Å². The normalized spacial score (nSPS) is 20.1. The molecule has 3 heteroatoms. The molecule has 1 aromatic heterocycles. The van der Waals surface area contributed by atoms with Crippen LogP contribution < -0.4 is 5.32 Å². The van der Waals surface area contributed by atoms with Crippen molar-refractivity contribution >= 4 is 27.3 Å². The van der Waals surface area contributed by atoms with Crippen LogP contribution in [0.5, 0.6) is 0 Å². The highest BCUT2D eigenvalue weighted by molar-refractivity contribution is 9.10. The van der Waals surface area contributed by atoms with Gasteiger partial charge in [-0.15, -0.1) is 11.3 Å². The largest absolute Gasteiger partial charge is 0.312 e. The maximum absolute atomic E-state index is 3.52. The van der Waals surface area contributed by atoms with Gasteiger partial charge >= 0.3 is 0 Å². The molecule has 1 aliphatic rings. The summed E-state index contributed by atoms with van der Waals surface area (Å²) in [6.07, 6.45) is 5.60. The van der Waals surface area contributed by atoms with Gasteiger partial charge < -0.3 is 5.32 Å². The molecule has 2 rings (SSSR count). The molecular formula is C11H16BrNS. The summed E-state index contributed by atoms with van der Waals surface area (Å²) in [6, 6.07) is 2.83. The highest BCUT2D eigenvalue weighted by Crippen LogP contribution is 2.38. The van der Waals surface area contributed by atoms with Crippen LogP contribution in [0.15, 0.2) is 15.9 Å². The van der Waals surface area contributed by atoms with E-state index in [2.05, 4.69) is 39.7 Å². The molecule has 1 heterocycles. The zero-order chi connectivity index (χ0) is 9.97. The van der Waals surface area contributed by atoms with Crippen LogP contribution in [0, 0.1) is 5.92 Å². The van der Waals surface area contributed by atoms with Crippen LogP contribution in [0.1, 0.15) is 36.6 Å². The summed E-state index contributed by atoms with van der Waals surface area (Å²) >= 11 is 5.38. The predicted octanol–water partition coefficient (Wildman–Crippen LogP) is 3.96. The predicted molar refractivity (Wildman–Crippen MR) is 65.8 cm³/mol. The Bertz CT molecular complexity index is 291. The first kappa shape index (κ1) is 10.7. The highest BCUT2D eigenvalue weighted by Gasteiger charge is 2.25. The van der Waals surface area contributed by atoms with Crippen molar-refractivity contribution in [2.45, 2.75) is 31.7 Å². The van der Waals surface area contributed by atoms with Gasteiger partial charge in [-0.1, -0.05) is 12.8 Å². The third-order valence-corrected chi connectivity index (χ3v) is 4.85. The van der Waals surface area contributed by atoms with Gasteiger partial charge in [0.05, 0.1) is 0 Å². The summed E-state index contributed by atoms with van der Waals surface area (Å²) < 4.78 is 1.22. The van der Waals surface area contributed by atoms with Gasteiger partial charge in [0.25, 0.3) is 0 Å². The maximum atomic E-state index is 3.52. The molecule has 1 atom stereocenters. The van der Waals surface area contributed by atoms with Crippen LogP contribution in [-0.2, 0) is 0 Å². The molecule has 0 aliphatic heterocycles. The Morgan fingerprint density at radius 3 is 2.71 bits per heavy atom. The number of thiophene rings is 1. The standard InChI is InChI=1S/C11H16BrNS/c1-13-11(8-4-2-3-5-8)10-6-9(12)7-14-10/h6-8,11,13H,2-5H2,1H3. The molecule has 1 nitrogen and oxygen atoms in total. The summed E-state index contributed by atoms with van der Waals surface area (Å²) in [5.74, 6) is 0.852. The fourth-order valence-corrected chi connectivity index (χ4v) is 4.04. The molecule has 1 unspecified atom stereocenters. The molecule has 0 saturated heterocycles. The van der Waals surface area contributed by atoms with Crippen LogP contribution >= 0.6 is 27.3 Å². The fraction of sp³-hybridized carbons (Fsp3) is 0.636. The molecule has 1 N–H and O–H groups in total. The Balaban J connectivity index is 2.12. The lowest BCUT2D eigenvalue weighted by atomic mass is 9.97. The number of hydrogen-bond acceptors (Lipinski definition) is 2. The van der Waals surface area contributed by atoms with Crippen molar-refractivity contribution in [1.29, 1.82) is 0 Å².